The van der Waals surface area contributed by atoms with Gasteiger partial charge < -0.3 is 15.5 Å². The van der Waals surface area contributed by atoms with Crippen molar-refractivity contribution in [3.8, 4) is 0 Å². The first kappa shape index (κ1) is 16.3. The first-order valence-corrected chi connectivity index (χ1v) is 7.61. The fourth-order valence-corrected chi connectivity index (χ4v) is 2.58. The van der Waals surface area contributed by atoms with Crippen LogP contribution in [0.4, 0.5) is 4.79 Å². The highest BCUT2D eigenvalue weighted by Gasteiger charge is 2.32. The molecule has 2 unspecified atom stereocenters. The predicted octanol–water partition coefficient (Wildman–Crippen LogP) is 0.614. The molecular weight excluding hydrogens is 290 g/mol. The van der Waals surface area contributed by atoms with Crippen LogP contribution >= 0.6 is 0 Å². The molecule has 4 amide bonds. The highest BCUT2D eigenvalue weighted by molar-refractivity contribution is 6.01. The third kappa shape index (κ3) is 4.19. The van der Waals surface area contributed by atoms with Gasteiger partial charge in [-0.1, -0.05) is 12.8 Å². The van der Waals surface area contributed by atoms with Crippen LogP contribution in [0.5, 0.6) is 0 Å². The van der Waals surface area contributed by atoms with E-state index in [1.807, 2.05) is 6.92 Å². The van der Waals surface area contributed by atoms with E-state index in [1.165, 1.54) is 0 Å². The lowest BCUT2D eigenvalue weighted by Gasteiger charge is -2.14. The summed E-state index contributed by atoms with van der Waals surface area (Å²) in [5.74, 6) is -1.48. The van der Waals surface area contributed by atoms with Crippen molar-refractivity contribution in [1.82, 2.24) is 15.7 Å². The Labute approximate surface area is 128 Å². The van der Waals surface area contributed by atoms with Gasteiger partial charge in [-0.05, 0) is 19.8 Å². The lowest BCUT2D eigenvalue weighted by molar-refractivity contribution is -0.197. The van der Waals surface area contributed by atoms with Crippen molar-refractivity contribution in [2.45, 2.75) is 64.0 Å². The summed E-state index contributed by atoms with van der Waals surface area (Å²) in [4.78, 5) is 50.0. The minimum Gasteiger partial charge on any atom is -0.334 e. The average molecular weight is 311 g/mol. The van der Waals surface area contributed by atoms with Gasteiger partial charge in [0, 0.05) is 25.3 Å². The van der Waals surface area contributed by atoms with Crippen LogP contribution in [-0.2, 0) is 19.2 Å². The SMILES string of the molecule is CC1NC(=O)NC1CCCCCC(=O)ON1C(=O)CCC1=O. The lowest BCUT2D eigenvalue weighted by atomic mass is 10.0. The number of hydrogen-bond donors (Lipinski definition) is 2. The summed E-state index contributed by atoms with van der Waals surface area (Å²) < 4.78 is 0. The first-order chi connectivity index (χ1) is 10.5. The summed E-state index contributed by atoms with van der Waals surface area (Å²) >= 11 is 0. The van der Waals surface area contributed by atoms with Crippen LogP contribution in [0.15, 0.2) is 0 Å². The number of hydroxylamine groups is 2. The van der Waals surface area contributed by atoms with Gasteiger partial charge in [0.05, 0.1) is 6.04 Å². The minimum absolute atomic E-state index is 0.103. The highest BCUT2D eigenvalue weighted by atomic mass is 16.7. The smallest absolute Gasteiger partial charge is 0.333 e. The Morgan fingerprint density at radius 1 is 1.14 bits per heavy atom. The number of amides is 4. The molecule has 2 saturated heterocycles. The van der Waals surface area contributed by atoms with Gasteiger partial charge in [-0.2, -0.15) is 0 Å². The number of rotatable bonds is 7. The molecule has 22 heavy (non-hydrogen) atoms. The molecule has 0 spiro atoms. The van der Waals surface area contributed by atoms with Gasteiger partial charge in [0.25, 0.3) is 11.8 Å². The largest absolute Gasteiger partial charge is 0.334 e. The maximum Gasteiger partial charge on any atom is 0.333 e. The molecule has 0 aliphatic carbocycles. The molecule has 2 rings (SSSR count). The van der Waals surface area contributed by atoms with Crippen LogP contribution in [0.3, 0.4) is 0 Å². The molecule has 2 aliphatic rings. The van der Waals surface area contributed by atoms with Gasteiger partial charge in [0.2, 0.25) is 0 Å². The lowest BCUT2D eigenvalue weighted by Crippen LogP contribution is -2.32. The van der Waals surface area contributed by atoms with Crippen molar-refractivity contribution in [1.29, 1.82) is 0 Å². The fraction of sp³-hybridized carbons (Fsp3) is 0.714. The summed E-state index contributed by atoms with van der Waals surface area (Å²) in [5.41, 5.74) is 0. The molecule has 0 aromatic carbocycles. The van der Waals surface area contributed by atoms with Crippen molar-refractivity contribution in [3.63, 3.8) is 0 Å². The van der Waals surface area contributed by atoms with Gasteiger partial charge >= 0.3 is 12.0 Å². The number of carbonyl (C=O) groups excluding carboxylic acids is 4. The zero-order valence-electron chi connectivity index (χ0n) is 12.6. The monoisotopic (exact) mass is 311 g/mol. The van der Waals surface area contributed by atoms with E-state index in [-0.39, 0.29) is 37.4 Å². The van der Waals surface area contributed by atoms with Crippen LogP contribution in [0.1, 0.15) is 51.9 Å². The molecule has 0 aromatic heterocycles. The molecule has 2 aliphatic heterocycles. The molecule has 122 valence electrons. The third-order valence-electron chi connectivity index (χ3n) is 3.87. The molecule has 8 nitrogen and oxygen atoms in total. The number of nitrogens with zero attached hydrogens (tertiary/aromatic N) is 1. The summed E-state index contributed by atoms with van der Waals surface area (Å²) in [6.45, 7) is 1.95. The summed E-state index contributed by atoms with van der Waals surface area (Å²) in [6, 6.07) is 0.102. The van der Waals surface area contributed by atoms with Crippen LogP contribution in [0.2, 0.25) is 0 Å². The Balaban J connectivity index is 1.57. The molecule has 0 aromatic rings. The molecule has 0 saturated carbocycles. The van der Waals surface area contributed by atoms with E-state index in [1.54, 1.807) is 0 Å². The second-order valence-electron chi connectivity index (χ2n) is 5.66. The molecule has 2 N–H and O–H groups in total. The number of imide groups is 1. The molecular formula is C14H21N3O5. The van der Waals surface area contributed by atoms with Gasteiger partial charge in [-0.3, -0.25) is 9.59 Å². The second-order valence-corrected chi connectivity index (χ2v) is 5.66. The number of carbonyl (C=O) groups is 4. The molecule has 2 fully saturated rings. The van der Waals surface area contributed by atoms with E-state index in [0.29, 0.717) is 11.5 Å². The van der Waals surface area contributed by atoms with Crippen LogP contribution in [0.25, 0.3) is 0 Å². The highest BCUT2D eigenvalue weighted by Crippen LogP contribution is 2.15. The number of urea groups is 1. The summed E-state index contributed by atoms with van der Waals surface area (Å²) in [7, 11) is 0. The zero-order valence-corrected chi connectivity index (χ0v) is 12.6. The van der Waals surface area contributed by atoms with E-state index in [2.05, 4.69) is 10.6 Å². The topological polar surface area (TPSA) is 105 Å². The quantitative estimate of drug-likeness (QED) is 0.529. The first-order valence-electron chi connectivity index (χ1n) is 7.61. The Bertz CT molecular complexity index is 463. The van der Waals surface area contributed by atoms with E-state index in [4.69, 9.17) is 4.84 Å². The standard InChI is InChI=1S/C14H21N3O5/c1-9-10(16-14(21)15-9)5-3-2-4-6-13(20)22-17-11(18)7-8-12(17)19/h9-10H,2-8H2,1H3,(H2,15,16,21). The van der Waals surface area contributed by atoms with Crippen LogP contribution in [0, 0.1) is 0 Å². The van der Waals surface area contributed by atoms with Crippen molar-refractivity contribution in [2.75, 3.05) is 0 Å². The average Bonchev–Trinajstić information content (AvgIpc) is 2.94. The predicted molar refractivity (Wildman–Crippen MR) is 75.2 cm³/mol. The second kappa shape index (κ2) is 7.24. The summed E-state index contributed by atoms with van der Waals surface area (Å²) in [5, 5.41) is 6.19. The fourth-order valence-electron chi connectivity index (χ4n) is 2.58. The Kier molecular flexibility index (Phi) is 5.35. The number of unbranched alkanes of at least 4 members (excludes halogenated alkanes) is 2. The Hall–Kier alpha value is -2.12. The van der Waals surface area contributed by atoms with E-state index < -0.39 is 17.8 Å². The minimum atomic E-state index is -0.562. The molecule has 2 atom stereocenters. The van der Waals surface area contributed by atoms with Gasteiger partial charge in [-0.15, -0.1) is 5.06 Å². The summed E-state index contributed by atoms with van der Waals surface area (Å²) in [6.07, 6.45) is 3.54. The van der Waals surface area contributed by atoms with Crippen LogP contribution < -0.4 is 10.6 Å². The van der Waals surface area contributed by atoms with Gasteiger partial charge in [0.1, 0.15) is 0 Å². The zero-order chi connectivity index (χ0) is 16.1. The maximum atomic E-state index is 11.6. The Morgan fingerprint density at radius 2 is 1.82 bits per heavy atom. The third-order valence-corrected chi connectivity index (χ3v) is 3.87. The maximum absolute atomic E-state index is 11.6. The van der Waals surface area contributed by atoms with E-state index in [0.717, 1.165) is 19.3 Å². The molecule has 2 heterocycles. The normalized spacial score (nSPS) is 24.4. The molecule has 8 heteroatoms. The van der Waals surface area contributed by atoms with Crippen molar-refractivity contribution in [2.24, 2.45) is 0 Å². The van der Waals surface area contributed by atoms with Crippen molar-refractivity contribution >= 4 is 23.8 Å². The molecule has 0 radical (unpaired) electrons. The number of nitrogens with one attached hydrogen (secondary N) is 2. The van der Waals surface area contributed by atoms with E-state index >= 15 is 0 Å². The Morgan fingerprint density at radius 3 is 2.41 bits per heavy atom. The number of hydrogen-bond acceptors (Lipinski definition) is 5. The molecule has 0 bridgehead atoms. The van der Waals surface area contributed by atoms with Gasteiger partial charge in [0.15, 0.2) is 0 Å². The van der Waals surface area contributed by atoms with Gasteiger partial charge in [-0.25, -0.2) is 9.59 Å². The van der Waals surface area contributed by atoms with E-state index in [9.17, 15) is 19.2 Å². The van der Waals surface area contributed by atoms with Crippen LogP contribution in [-0.4, -0.2) is 41.0 Å². The van der Waals surface area contributed by atoms with Crippen molar-refractivity contribution in [3.05, 3.63) is 0 Å². The van der Waals surface area contributed by atoms with Crippen molar-refractivity contribution < 1.29 is 24.0 Å².